The van der Waals surface area contributed by atoms with Crippen LogP contribution in [-0.2, 0) is 31.9 Å². The monoisotopic (exact) mass is 476 g/mol. The number of nitrogens with zero attached hydrogens (tertiary/aromatic N) is 2. The van der Waals surface area contributed by atoms with Crippen molar-refractivity contribution in [2.75, 3.05) is 18.0 Å². The molecule has 190 valence electrons. The Labute approximate surface area is 202 Å². The van der Waals surface area contributed by atoms with Crippen LogP contribution < -0.4 is 16.0 Å². The van der Waals surface area contributed by atoms with E-state index in [1.54, 1.807) is 25.7 Å². The first-order chi connectivity index (χ1) is 15.7. The van der Waals surface area contributed by atoms with Gasteiger partial charge in [-0.15, -0.1) is 0 Å². The van der Waals surface area contributed by atoms with Crippen molar-refractivity contribution in [3.63, 3.8) is 0 Å². The number of nitrogens with two attached hydrogens (primary N) is 1. The lowest BCUT2D eigenvalue weighted by Gasteiger charge is -2.31. The fourth-order valence-corrected chi connectivity index (χ4v) is 3.48. The van der Waals surface area contributed by atoms with Crippen molar-refractivity contribution in [2.24, 2.45) is 5.73 Å². The molecule has 0 spiro atoms. The third kappa shape index (κ3) is 9.29. The van der Waals surface area contributed by atoms with E-state index < -0.39 is 23.2 Å². The number of ether oxygens (including phenoxy) is 2. The quantitative estimate of drug-likeness (QED) is 0.436. The van der Waals surface area contributed by atoms with Crippen LogP contribution in [0.2, 0.25) is 0 Å². The van der Waals surface area contributed by atoms with E-state index in [0.717, 1.165) is 30.5 Å². The van der Waals surface area contributed by atoms with E-state index in [0.29, 0.717) is 31.6 Å². The number of esters is 1. The molecule has 1 aliphatic rings. The van der Waals surface area contributed by atoms with E-state index in [1.807, 2.05) is 32.9 Å². The second-order valence-corrected chi connectivity index (χ2v) is 10.7. The molecule has 0 aliphatic carbocycles. The number of rotatable bonds is 8. The van der Waals surface area contributed by atoms with Crippen LogP contribution in [0, 0.1) is 0 Å². The Bertz CT molecular complexity index is 873. The zero-order valence-corrected chi connectivity index (χ0v) is 21.4. The zero-order valence-electron chi connectivity index (χ0n) is 21.4. The molecule has 0 saturated carbocycles. The molecule has 1 unspecified atom stereocenters. The number of nitrogens with one attached hydrogen (secondary N) is 1. The molecule has 0 bridgehead atoms. The van der Waals surface area contributed by atoms with Crippen LogP contribution in [0.25, 0.3) is 0 Å². The normalized spacial score (nSPS) is 14.7. The van der Waals surface area contributed by atoms with Crippen LogP contribution in [0.5, 0.6) is 0 Å². The Morgan fingerprint density at radius 1 is 1.09 bits per heavy atom. The first-order valence-corrected chi connectivity index (χ1v) is 12.0. The van der Waals surface area contributed by atoms with Gasteiger partial charge in [-0.25, -0.2) is 9.78 Å². The Balaban J connectivity index is 1.80. The van der Waals surface area contributed by atoms with E-state index in [-0.39, 0.29) is 18.5 Å². The number of carbonyl (C=O) groups is 3. The van der Waals surface area contributed by atoms with Crippen LogP contribution in [0.4, 0.5) is 10.6 Å². The Morgan fingerprint density at radius 3 is 2.41 bits per heavy atom. The Morgan fingerprint density at radius 2 is 1.76 bits per heavy atom. The third-order valence-electron chi connectivity index (χ3n) is 5.03. The minimum atomic E-state index is -0.893. The number of unbranched alkanes of at least 4 members (excludes halogenated alkanes) is 1. The van der Waals surface area contributed by atoms with Crippen molar-refractivity contribution in [3.05, 3.63) is 23.4 Å². The predicted octanol–water partition coefficient (Wildman–Crippen LogP) is 3.27. The lowest BCUT2D eigenvalue weighted by atomic mass is 10.0. The van der Waals surface area contributed by atoms with Gasteiger partial charge in [-0.1, -0.05) is 6.07 Å². The van der Waals surface area contributed by atoms with Gasteiger partial charge in [0.25, 0.3) is 0 Å². The standard InChI is InChI=1S/C25H40N4O5/c1-24(2,3)33-22(31)19(26)16-27-20(30)12-8-7-11-18-14-13-17-10-9-15-29(21(17)28-18)23(32)34-25(4,5)6/h13-14,19H,7-12,15-16,26H2,1-6H3,(H,27,30). The van der Waals surface area contributed by atoms with E-state index >= 15 is 0 Å². The van der Waals surface area contributed by atoms with Crippen LogP contribution >= 0.6 is 0 Å². The summed E-state index contributed by atoms with van der Waals surface area (Å²) in [6.45, 7) is 11.5. The van der Waals surface area contributed by atoms with E-state index in [9.17, 15) is 14.4 Å². The topological polar surface area (TPSA) is 124 Å². The van der Waals surface area contributed by atoms with Crippen LogP contribution in [0.1, 0.15) is 78.5 Å². The number of anilines is 1. The Kier molecular flexibility index (Phi) is 9.44. The predicted molar refractivity (Wildman–Crippen MR) is 131 cm³/mol. The molecule has 2 rings (SSSR count). The summed E-state index contributed by atoms with van der Waals surface area (Å²) in [7, 11) is 0. The summed E-state index contributed by atoms with van der Waals surface area (Å²) >= 11 is 0. The number of hydrogen-bond acceptors (Lipinski definition) is 7. The Hall–Kier alpha value is -2.68. The van der Waals surface area contributed by atoms with Gasteiger partial charge in [-0.05, 0) is 85.3 Å². The van der Waals surface area contributed by atoms with Crippen molar-refractivity contribution in [1.82, 2.24) is 10.3 Å². The maximum Gasteiger partial charge on any atom is 0.416 e. The van der Waals surface area contributed by atoms with Gasteiger partial charge < -0.3 is 20.5 Å². The maximum atomic E-state index is 12.6. The molecule has 1 aliphatic heterocycles. The molecule has 0 radical (unpaired) electrons. The highest BCUT2D eigenvalue weighted by Crippen LogP contribution is 2.27. The van der Waals surface area contributed by atoms with Crippen molar-refractivity contribution >= 4 is 23.8 Å². The zero-order chi connectivity index (χ0) is 25.5. The number of pyridine rings is 1. The summed E-state index contributed by atoms with van der Waals surface area (Å²) in [5.74, 6) is -0.0212. The highest BCUT2D eigenvalue weighted by Gasteiger charge is 2.28. The van der Waals surface area contributed by atoms with Gasteiger partial charge in [-0.3, -0.25) is 14.5 Å². The molecule has 2 amide bonds. The first kappa shape index (κ1) is 27.6. The molecule has 0 aromatic carbocycles. The second kappa shape index (κ2) is 11.6. The number of aryl methyl sites for hydroxylation is 2. The van der Waals surface area contributed by atoms with Crippen molar-refractivity contribution in [3.8, 4) is 0 Å². The summed E-state index contributed by atoms with van der Waals surface area (Å²) in [6, 6.07) is 3.12. The molecule has 9 heteroatoms. The number of carbonyl (C=O) groups excluding carboxylic acids is 3. The smallest absolute Gasteiger partial charge is 0.416 e. The van der Waals surface area contributed by atoms with Crippen LogP contribution in [0.3, 0.4) is 0 Å². The lowest BCUT2D eigenvalue weighted by molar-refractivity contribution is -0.156. The molecule has 1 aromatic heterocycles. The summed E-state index contributed by atoms with van der Waals surface area (Å²) in [4.78, 5) is 43.0. The summed E-state index contributed by atoms with van der Waals surface area (Å²) in [5.41, 5.74) is 6.53. The van der Waals surface area contributed by atoms with E-state index in [1.165, 1.54) is 0 Å². The van der Waals surface area contributed by atoms with Gasteiger partial charge in [0.1, 0.15) is 23.1 Å². The molecule has 9 nitrogen and oxygen atoms in total. The third-order valence-corrected chi connectivity index (χ3v) is 5.03. The van der Waals surface area contributed by atoms with Gasteiger partial charge in [-0.2, -0.15) is 0 Å². The molecular formula is C25H40N4O5. The summed E-state index contributed by atoms with van der Waals surface area (Å²) in [5, 5.41) is 2.69. The van der Waals surface area contributed by atoms with E-state index in [4.69, 9.17) is 20.2 Å². The van der Waals surface area contributed by atoms with Crippen molar-refractivity contribution < 1.29 is 23.9 Å². The largest absolute Gasteiger partial charge is 0.459 e. The van der Waals surface area contributed by atoms with Crippen LogP contribution in [-0.4, -0.2) is 53.3 Å². The minimum absolute atomic E-state index is 0.0423. The van der Waals surface area contributed by atoms with Gasteiger partial charge in [0.15, 0.2) is 0 Å². The molecule has 0 fully saturated rings. The molecule has 1 aromatic rings. The summed E-state index contributed by atoms with van der Waals surface area (Å²) in [6.07, 6.45) is 3.84. The second-order valence-electron chi connectivity index (χ2n) is 10.7. The number of hydrogen-bond donors (Lipinski definition) is 2. The number of aromatic nitrogens is 1. The number of amides is 2. The molecule has 1 atom stereocenters. The highest BCUT2D eigenvalue weighted by molar-refractivity contribution is 5.88. The van der Waals surface area contributed by atoms with Crippen molar-refractivity contribution in [1.29, 1.82) is 0 Å². The number of fused-ring (bicyclic) bond motifs is 1. The van der Waals surface area contributed by atoms with Crippen LogP contribution in [0.15, 0.2) is 12.1 Å². The molecular weight excluding hydrogens is 436 g/mol. The molecule has 0 saturated heterocycles. The van der Waals surface area contributed by atoms with Gasteiger partial charge in [0, 0.05) is 25.2 Å². The minimum Gasteiger partial charge on any atom is -0.459 e. The first-order valence-electron chi connectivity index (χ1n) is 12.0. The average Bonchev–Trinajstić information content (AvgIpc) is 2.72. The highest BCUT2D eigenvalue weighted by atomic mass is 16.6. The summed E-state index contributed by atoms with van der Waals surface area (Å²) < 4.78 is 10.8. The van der Waals surface area contributed by atoms with Gasteiger partial charge in [0.2, 0.25) is 5.91 Å². The SMILES string of the molecule is CC(C)(C)OC(=O)C(N)CNC(=O)CCCCc1ccc2c(n1)N(C(=O)OC(C)(C)C)CCC2. The molecule has 3 N–H and O–H groups in total. The van der Waals surface area contributed by atoms with Gasteiger partial charge >= 0.3 is 12.1 Å². The fraction of sp³-hybridized carbons (Fsp3) is 0.680. The molecule has 34 heavy (non-hydrogen) atoms. The van der Waals surface area contributed by atoms with Crippen molar-refractivity contribution in [2.45, 2.75) is 97.3 Å². The molecule has 2 heterocycles. The lowest BCUT2D eigenvalue weighted by Crippen LogP contribution is -2.45. The van der Waals surface area contributed by atoms with E-state index in [2.05, 4.69) is 5.32 Å². The van der Waals surface area contributed by atoms with Gasteiger partial charge in [0.05, 0.1) is 0 Å². The maximum absolute atomic E-state index is 12.6. The average molecular weight is 477 g/mol. The fourth-order valence-electron chi connectivity index (χ4n) is 3.48.